The van der Waals surface area contributed by atoms with Crippen LogP contribution in [0.4, 0.5) is 26.1 Å². The van der Waals surface area contributed by atoms with Gasteiger partial charge in [-0.1, -0.05) is 12.1 Å². The highest BCUT2D eigenvalue weighted by Gasteiger charge is 2.19. The molecule has 9 nitrogen and oxygen atoms in total. The van der Waals surface area contributed by atoms with Crippen LogP contribution in [0.5, 0.6) is 5.88 Å². The number of fused-ring (bicyclic) bond motifs is 1. The minimum absolute atomic E-state index is 0.186. The Morgan fingerprint density at radius 3 is 2.41 bits per heavy atom. The molecule has 5 rings (SSSR count). The molecule has 1 N–H and O–H groups in total. The number of rotatable bonds is 7. The number of sulfone groups is 1. The Kier molecular flexibility index (Phi) is 6.69. The summed E-state index contributed by atoms with van der Waals surface area (Å²) < 4.78 is 59.8. The van der Waals surface area contributed by atoms with Crippen LogP contribution in [0.3, 0.4) is 0 Å². The number of aromatic nitrogens is 3. The van der Waals surface area contributed by atoms with E-state index in [2.05, 4.69) is 32.2 Å². The molecule has 0 unspecified atom stereocenters. The lowest BCUT2D eigenvalue weighted by Gasteiger charge is -2.34. The molecule has 0 bridgehead atoms. The van der Waals surface area contributed by atoms with Gasteiger partial charge >= 0.3 is 0 Å². The van der Waals surface area contributed by atoms with Crippen LogP contribution in [0.25, 0.3) is 5.65 Å². The number of pyridine rings is 1. The van der Waals surface area contributed by atoms with Crippen molar-refractivity contribution in [1.82, 2.24) is 19.5 Å². The van der Waals surface area contributed by atoms with Gasteiger partial charge in [-0.3, -0.25) is 0 Å². The Morgan fingerprint density at radius 1 is 1.00 bits per heavy atom. The van der Waals surface area contributed by atoms with E-state index in [9.17, 15) is 17.2 Å². The lowest BCUT2D eigenvalue weighted by Crippen LogP contribution is -2.44. The van der Waals surface area contributed by atoms with E-state index in [-0.39, 0.29) is 28.9 Å². The summed E-state index contributed by atoms with van der Waals surface area (Å²) in [6, 6.07) is 13.7. The van der Waals surface area contributed by atoms with E-state index >= 15 is 0 Å². The fourth-order valence-electron chi connectivity index (χ4n) is 4.11. The second-order valence-corrected chi connectivity index (χ2v) is 11.0. The molecule has 0 spiro atoms. The van der Waals surface area contributed by atoms with Gasteiger partial charge in [-0.05, 0) is 43.4 Å². The number of hydrogen-bond acceptors (Lipinski definition) is 8. The topological polar surface area (TPSA) is 92.1 Å². The maximum atomic E-state index is 14.0. The highest BCUT2D eigenvalue weighted by molar-refractivity contribution is 7.90. The van der Waals surface area contributed by atoms with E-state index in [1.807, 2.05) is 6.07 Å². The highest BCUT2D eigenvalue weighted by atomic mass is 32.2. The summed E-state index contributed by atoms with van der Waals surface area (Å²) in [4.78, 5) is 8.99. The van der Waals surface area contributed by atoms with Crippen molar-refractivity contribution in [3.63, 3.8) is 0 Å². The first-order valence-corrected chi connectivity index (χ1v) is 13.5. The predicted octanol–water partition coefficient (Wildman–Crippen LogP) is 3.49. The summed E-state index contributed by atoms with van der Waals surface area (Å²) in [6.45, 7) is 2.97. The summed E-state index contributed by atoms with van der Waals surface area (Å²) in [5.74, 6) is -0.947. The predicted molar refractivity (Wildman–Crippen MR) is 136 cm³/mol. The number of nitrogens with one attached hydrogen (secondary N) is 1. The van der Waals surface area contributed by atoms with Crippen molar-refractivity contribution >= 4 is 32.8 Å². The Bertz CT molecular complexity index is 1530. The van der Waals surface area contributed by atoms with Crippen molar-refractivity contribution in [3.8, 4) is 5.88 Å². The van der Waals surface area contributed by atoms with Gasteiger partial charge in [0.1, 0.15) is 18.2 Å². The second kappa shape index (κ2) is 9.94. The minimum Gasteiger partial charge on any atom is -0.472 e. The third kappa shape index (κ3) is 5.49. The van der Waals surface area contributed by atoms with Crippen molar-refractivity contribution in [3.05, 3.63) is 71.8 Å². The first-order valence-electron chi connectivity index (χ1n) is 11.6. The van der Waals surface area contributed by atoms with Crippen LogP contribution in [-0.4, -0.2) is 67.4 Å². The molecule has 0 radical (unpaired) electrons. The molecule has 194 valence electrons. The molecule has 1 aliphatic heterocycles. The summed E-state index contributed by atoms with van der Waals surface area (Å²) in [7, 11) is -1.41. The standard InChI is InChI=1S/C25H26F2N6O3S/c1-31-9-11-32(12-10-31)18-13-17(14-19(15-18)37(2,34)35)28-25-29-23-7-4-8-24(33(23)30-25)36-16-20-21(26)5-3-6-22(20)27/h3-8,13-15H,9-12,16H2,1-2H3,(H,28,30). The van der Waals surface area contributed by atoms with E-state index in [0.29, 0.717) is 11.3 Å². The molecular weight excluding hydrogens is 502 g/mol. The second-order valence-electron chi connectivity index (χ2n) is 8.96. The van der Waals surface area contributed by atoms with Gasteiger partial charge in [0, 0.05) is 49.9 Å². The zero-order valence-electron chi connectivity index (χ0n) is 20.4. The largest absolute Gasteiger partial charge is 0.472 e. The smallest absolute Gasteiger partial charge is 0.247 e. The first kappa shape index (κ1) is 24.9. The van der Waals surface area contributed by atoms with Gasteiger partial charge < -0.3 is 19.9 Å². The number of piperazine rings is 1. The van der Waals surface area contributed by atoms with Crippen LogP contribution in [0.2, 0.25) is 0 Å². The highest BCUT2D eigenvalue weighted by Crippen LogP contribution is 2.28. The minimum atomic E-state index is -3.47. The normalized spacial score (nSPS) is 14.8. The van der Waals surface area contributed by atoms with Crippen molar-refractivity contribution in [2.24, 2.45) is 0 Å². The number of nitrogens with zero attached hydrogens (tertiary/aromatic N) is 5. The zero-order valence-corrected chi connectivity index (χ0v) is 21.2. The van der Waals surface area contributed by atoms with E-state index in [1.54, 1.807) is 30.3 Å². The SMILES string of the molecule is CN1CCN(c2cc(Nc3nc4cccc(OCc5c(F)cccc5F)n4n3)cc(S(C)(=O)=O)c2)CC1. The Morgan fingerprint density at radius 2 is 1.70 bits per heavy atom. The van der Waals surface area contributed by atoms with Crippen molar-refractivity contribution in [1.29, 1.82) is 0 Å². The van der Waals surface area contributed by atoms with Crippen molar-refractivity contribution in [2.75, 3.05) is 49.7 Å². The van der Waals surface area contributed by atoms with Crippen LogP contribution in [0, 0.1) is 11.6 Å². The first-order chi connectivity index (χ1) is 17.7. The maximum absolute atomic E-state index is 14.0. The Labute approximate surface area is 213 Å². The molecule has 0 aliphatic carbocycles. The van der Waals surface area contributed by atoms with Gasteiger partial charge in [-0.2, -0.15) is 9.50 Å². The van der Waals surface area contributed by atoms with Gasteiger partial charge in [0.25, 0.3) is 0 Å². The maximum Gasteiger partial charge on any atom is 0.247 e. The summed E-state index contributed by atoms with van der Waals surface area (Å²) >= 11 is 0. The number of halogens is 2. The van der Waals surface area contributed by atoms with Gasteiger partial charge in [0.05, 0.1) is 10.5 Å². The van der Waals surface area contributed by atoms with E-state index in [1.165, 1.54) is 29.0 Å². The number of hydrogen-bond donors (Lipinski definition) is 1. The van der Waals surface area contributed by atoms with Crippen molar-refractivity contribution in [2.45, 2.75) is 11.5 Å². The molecule has 0 saturated carbocycles. The monoisotopic (exact) mass is 528 g/mol. The average molecular weight is 529 g/mol. The lowest BCUT2D eigenvalue weighted by molar-refractivity contribution is 0.274. The van der Waals surface area contributed by atoms with E-state index in [0.717, 1.165) is 31.9 Å². The molecule has 37 heavy (non-hydrogen) atoms. The molecule has 4 aromatic rings. The van der Waals surface area contributed by atoms with E-state index < -0.39 is 21.5 Å². The molecule has 0 atom stereocenters. The molecule has 1 saturated heterocycles. The van der Waals surface area contributed by atoms with Crippen LogP contribution < -0.4 is 15.0 Å². The van der Waals surface area contributed by atoms with Crippen LogP contribution in [-0.2, 0) is 16.4 Å². The lowest BCUT2D eigenvalue weighted by atomic mass is 10.2. The Balaban J connectivity index is 1.43. The molecule has 1 fully saturated rings. The van der Waals surface area contributed by atoms with Gasteiger partial charge in [0.2, 0.25) is 11.8 Å². The van der Waals surface area contributed by atoms with Crippen LogP contribution in [0.15, 0.2) is 59.5 Å². The fourth-order valence-corrected chi connectivity index (χ4v) is 4.78. The molecule has 3 heterocycles. The molecular formula is C25H26F2N6O3S. The van der Waals surface area contributed by atoms with Gasteiger partial charge in [0.15, 0.2) is 15.5 Å². The Hall–Kier alpha value is -3.77. The number of anilines is 3. The molecule has 12 heteroatoms. The third-order valence-corrected chi connectivity index (χ3v) is 7.29. The van der Waals surface area contributed by atoms with E-state index in [4.69, 9.17) is 4.74 Å². The quantitative estimate of drug-likeness (QED) is 0.390. The molecule has 0 amide bonds. The number of benzene rings is 2. The average Bonchev–Trinajstić information content (AvgIpc) is 3.26. The number of ether oxygens (including phenoxy) is 1. The summed E-state index contributed by atoms with van der Waals surface area (Å²) in [6.07, 6.45) is 1.17. The fraction of sp³-hybridized carbons (Fsp3) is 0.280. The molecule has 2 aromatic carbocycles. The summed E-state index contributed by atoms with van der Waals surface area (Å²) in [5, 5.41) is 7.51. The molecule has 1 aliphatic rings. The van der Waals surface area contributed by atoms with Crippen LogP contribution in [0.1, 0.15) is 5.56 Å². The molecule has 2 aromatic heterocycles. The third-order valence-electron chi connectivity index (χ3n) is 6.20. The summed E-state index contributed by atoms with van der Waals surface area (Å²) in [5.41, 5.74) is 1.56. The van der Waals surface area contributed by atoms with Crippen molar-refractivity contribution < 1.29 is 21.9 Å². The van der Waals surface area contributed by atoms with Gasteiger partial charge in [-0.15, -0.1) is 5.10 Å². The van der Waals surface area contributed by atoms with Gasteiger partial charge in [-0.25, -0.2) is 17.2 Å². The van der Waals surface area contributed by atoms with Crippen LogP contribution >= 0.6 is 0 Å². The zero-order chi connectivity index (χ0) is 26.2. The number of likely N-dealkylation sites (N-methyl/N-ethyl adjacent to an activating group) is 1.